The number of hydrogen-bond donors (Lipinski definition) is 2. The molecule has 1 aromatic heterocycles. The summed E-state index contributed by atoms with van der Waals surface area (Å²) in [5.74, 6) is -2.49. The summed E-state index contributed by atoms with van der Waals surface area (Å²) in [6, 6.07) is 15.9. The Balaban J connectivity index is 1.59. The largest absolute Gasteiger partial charge is 0.478 e. The van der Waals surface area contributed by atoms with Gasteiger partial charge < -0.3 is 14.6 Å². The number of benzene rings is 2. The van der Waals surface area contributed by atoms with Crippen molar-refractivity contribution < 1.29 is 33.8 Å². The highest BCUT2D eigenvalue weighted by atomic mass is 32.2. The first-order valence-corrected chi connectivity index (χ1v) is 10.1. The number of furan rings is 1. The van der Waals surface area contributed by atoms with E-state index in [0.29, 0.717) is 0 Å². The second-order valence-electron chi connectivity index (χ2n) is 6.86. The third-order valence-electron chi connectivity index (χ3n) is 4.67. The van der Waals surface area contributed by atoms with E-state index in [1.165, 1.54) is 24.3 Å². The first-order valence-electron chi connectivity index (χ1n) is 9.33. The highest BCUT2D eigenvalue weighted by Crippen LogP contribution is 2.34. The molecule has 0 bridgehead atoms. The van der Waals surface area contributed by atoms with Crippen LogP contribution in [0.5, 0.6) is 0 Å². The van der Waals surface area contributed by atoms with Crippen LogP contribution in [-0.2, 0) is 11.3 Å². The molecule has 3 aromatic rings. The standard InChI is InChI=1S/C23H15NO7S/c25-20-19(32-23(30)24(20)12-13-4-2-1-3-5-13)11-17-6-7-18(31-17)14-8-15(21(26)27)10-16(9-14)22(28)29/h1-11H,12H2,(H,26,27)(H,28,29)/b19-11-. The fourth-order valence-corrected chi connectivity index (χ4v) is 3.95. The molecule has 2 heterocycles. The van der Waals surface area contributed by atoms with Crippen LogP contribution in [0.15, 0.2) is 70.0 Å². The van der Waals surface area contributed by atoms with Crippen LogP contribution >= 0.6 is 11.8 Å². The Hall–Kier alpha value is -4.11. The first kappa shape index (κ1) is 21.1. The van der Waals surface area contributed by atoms with Crippen LogP contribution in [0.4, 0.5) is 4.79 Å². The fraction of sp³-hybridized carbons (Fsp3) is 0.0435. The number of carbonyl (C=O) groups is 4. The van der Waals surface area contributed by atoms with Crippen molar-refractivity contribution in [2.45, 2.75) is 6.54 Å². The lowest BCUT2D eigenvalue weighted by Gasteiger charge is -2.11. The topological polar surface area (TPSA) is 125 Å². The Kier molecular flexibility index (Phi) is 5.65. The maximum Gasteiger partial charge on any atom is 0.335 e. The number of carboxylic acid groups (broad SMARTS) is 2. The van der Waals surface area contributed by atoms with Crippen molar-refractivity contribution in [3.05, 3.63) is 88.0 Å². The highest BCUT2D eigenvalue weighted by Gasteiger charge is 2.35. The molecular formula is C23H15NO7S. The Labute approximate surface area is 185 Å². The van der Waals surface area contributed by atoms with Crippen LogP contribution < -0.4 is 0 Å². The maximum absolute atomic E-state index is 12.7. The second-order valence-corrected chi connectivity index (χ2v) is 7.86. The number of hydrogen-bond acceptors (Lipinski definition) is 6. The molecule has 0 spiro atoms. The average molecular weight is 449 g/mol. The minimum absolute atomic E-state index is 0.159. The van der Waals surface area contributed by atoms with E-state index < -0.39 is 23.1 Å². The molecule has 4 rings (SSSR count). The molecule has 32 heavy (non-hydrogen) atoms. The fourth-order valence-electron chi connectivity index (χ4n) is 3.13. The summed E-state index contributed by atoms with van der Waals surface area (Å²) in [4.78, 5) is 49.0. The van der Waals surface area contributed by atoms with Gasteiger partial charge in [0.2, 0.25) is 0 Å². The van der Waals surface area contributed by atoms with Crippen LogP contribution in [0.2, 0.25) is 0 Å². The molecule has 0 unspecified atom stereocenters. The predicted octanol–water partition coefficient (Wildman–Crippen LogP) is 4.58. The molecule has 1 fully saturated rings. The Morgan fingerprint density at radius 3 is 2.22 bits per heavy atom. The summed E-state index contributed by atoms with van der Waals surface area (Å²) in [6.07, 6.45) is 1.43. The monoisotopic (exact) mass is 449 g/mol. The zero-order chi connectivity index (χ0) is 22.8. The van der Waals surface area contributed by atoms with Crippen molar-refractivity contribution in [3.63, 3.8) is 0 Å². The number of amides is 2. The van der Waals surface area contributed by atoms with Gasteiger partial charge in [-0.15, -0.1) is 0 Å². The number of carboxylic acids is 2. The molecule has 2 aromatic carbocycles. The van der Waals surface area contributed by atoms with Crippen molar-refractivity contribution >= 4 is 40.9 Å². The van der Waals surface area contributed by atoms with Crippen molar-refractivity contribution in [2.24, 2.45) is 0 Å². The van der Waals surface area contributed by atoms with E-state index in [0.717, 1.165) is 28.3 Å². The summed E-state index contributed by atoms with van der Waals surface area (Å²) < 4.78 is 5.68. The first-order chi connectivity index (χ1) is 15.3. The minimum atomic E-state index is -1.27. The summed E-state index contributed by atoms with van der Waals surface area (Å²) in [5, 5.41) is 18.1. The van der Waals surface area contributed by atoms with Crippen LogP contribution in [0.25, 0.3) is 17.4 Å². The summed E-state index contributed by atoms with van der Waals surface area (Å²) in [7, 11) is 0. The molecule has 0 saturated carbocycles. The van der Waals surface area contributed by atoms with E-state index >= 15 is 0 Å². The second kappa shape index (κ2) is 8.56. The van der Waals surface area contributed by atoms with Gasteiger partial charge in [-0.05, 0) is 47.7 Å². The molecule has 1 aliphatic heterocycles. The Morgan fingerprint density at radius 2 is 1.59 bits per heavy atom. The molecule has 1 saturated heterocycles. The lowest BCUT2D eigenvalue weighted by atomic mass is 10.0. The van der Waals surface area contributed by atoms with Gasteiger partial charge in [-0.3, -0.25) is 14.5 Å². The molecule has 160 valence electrons. The van der Waals surface area contributed by atoms with Gasteiger partial charge in [0.15, 0.2) is 0 Å². The summed E-state index contributed by atoms with van der Waals surface area (Å²) >= 11 is 0.797. The molecule has 1 aliphatic rings. The Bertz CT molecular complexity index is 1240. The van der Waals surface area contributed by atoms with Gasteiger partial charge in [0.05, 0.1) is 22.6 Å². The van der Waals surface area contributed by atoms with E-state index in [-0.39, 0.29) is 39.7 Å². The molecule has 2 amide bonds. The third kappa shape index (κ3) is 4.33. The molecule has 0 aliphatic carbocycles. The maximum atomic E-state index is 12.7. The quantitative estimate of drug-likeness (QED) is 0.524. The number of aromatic carboxylic acids is 2. The third-order valence-corrected chi connectivity index (χ3v) is 5.58. The predicted molar refractivity (Wildman–Crippen MR) is 116 cm³/mol. The van der Waals surface area contributed by atoms with E-state index in [9.17, 15) is 29.4 Å². The van der Waals surface area contributed by atoms with E-state index in [1.54, 1.807) is 6.07 Å². The van der Waals surface area contributed by atoms with Crippen LogP contribution in [0.3, 0.4) is 0 Å². The van der Waals surface area contributed by atoms with Gasteiger partial charge >= 0.3 is 11.9 Å². The average Bonchev–Trinajstić information content (AvgIpc) is 3.34. The molecular weight excluding hydrogens is 434 g/mol. The van der Waals surface area contributed by atoms with Gasteiger partial charge in [0.25, 0.3) is 11.1 Å². The molecule has 9 heteroatoms. The normalized spacial score (nSPS) is 14.9. The molecule has 2 N–H and O–H groups in total. The number of thioether (sulfide) groups is 1. The van der Waals surface area contributed by atoms with Gasteiger partial charge in [-0.1, -0.05) is 30.3 Å². The lowest BCUT2D eigenvalue weighted by molar-refractivity contribution is -0.123. The number of carbonyl (C=O) groups excluding carboxylic acids is 2. The zero-order valence-electron chi connectivity index (χ0n) is 16.3. The van der Waals surface area contributed by atoms with Crippen molar-refractivity contribution in [1.29, 1.82) is 0 Å². The number of imide groups is 1. The molecule has 0 radical (unpaired) electrons. The van der Waals surface area contributed by atoms with Gasteiger partial charge in [0, 0.05) is 11.6 Å². The summed E-state index contributed by atoms with van der Waals surface area (Å²) in [6.45, 7) is 0.159. The van der Waals surface area contributed by atoms with Crippen LogP contribution in [0, 0.1) is 0 Å². The van der Waals surface area contributed by atoms with E-state index in [4.69, 9.17) is 4.42 Å². The SMILES string of the molecule is O=C(O)c1cc(C(=O)O)cc(-c2ccc(/C=C3\SC(=O)N(Cc4ccccc4)C3=O)o2)c1. The van der Waals surface area contributed by atoms with Gasteiger partial charge in [-0.2, -0.15) is 0 Å². The van der Waals surface area contributed by atoms with Crippen molar-refractivity contribution in [3.8, 4) is 11.3 Å². The van der Waals surface area contributed by atoms with Crippen LogP contribution in [-0.4, -0.2) is 38.2 Å². The highest BCUT2D eigenvalue weighted by molar-refractivity contribution is 8.18. The van der Waals surface area contributed by atoms with Gasteiger partial charge in [-0.25, -0.2) is 9.59 Å². The Morgan fingerprint density at radius 1 is 0.938 bits per heavy atom. The van der Waals surface area contributed by atoms with E-state index in [1.807, 2.05) is 30.3 Å². The molecule has 8 nitrogen and oxygen atoms in total. The lowest BCUT2D eigenvalue weighted by Crippen LogP contribution is -2.27. The van der Waals surface area contributed by atoms with Crippen molar-refractivity contribution in [1.82, 2.24) is 4.90 Å². The molecule has 0 atom stereocenters. The minimum Gasteiger partial charge on any atom is -0.478 e. The van der Waals surface area contributed by atoms with Crippen molar-refractivity contribution in [2.75, 3.05) is 0 Å². The smallest absolute Gasteiger partial charge is 0.335 e. The number of nitrogens with zero attached hydrogens (tertiary/aromatic N) is 1. The summed E-state index contributed by atoms with van der Waals surface area (Å²) in [5.41, 5.74) is 0.697. The number of rotatable bonds is 6. The zero-order valence-corrected chi connectivity index (χ0v) is 17.2. The van der Waals surface area contributed by atoms with Crippen LogP contribution in [0.1, 0.15) is 32.0 Å². The van der Waals surface area contributed by atoms with E-state index in [2.05, 4.69) is 0 Å². The van der Waals surface area contributed by atoms with Gasteiger partial charge in [0.1, 0.15) is 11.5 Å².